The molecule has 1 heterocycles. The molecule has 1 aliphatic heterocycles. The van der Waals surface area contributed by atoms with Gasteiger partial charge >= 0.3 is 6.09 Å². The van der Waals surface area contributed by atoms with Crippen molar-refractivity contribution in [3.8, 4) is 5.75 Å². The van der Waals surface area contributed by atoms with Crippen LogP contribution in [0, 0.1) is 11.7 Å². The Balaban J connectivity index is 1.56. The van der Waals surface area contributed by atoms with Crippen LogP contribution in [0.2, 0.25) is 0 Å². The molecule has 0 saturated carbocycles. The Morgan fingerprint density at radius 2 is 1.82 bits per heavy atom. The molecule has 0 spiro atoms. The van der Waals surface area contributed by atoms with E-state index in [2.05, 4.69) is 5.32 Å². The topological polar surface area (TPSA) is 67.9 Å². The predicted molar refractivity (Wildman–Crippen MR) is 105 cm³/mol. The van der Waals surface area contributed by atoms with Gasteiger partial charge in [0.05, 0.1) is 6.61 Å². The Kier molecular flexibility index (Phi) is 8.08. The van der Waals surface area contributed by atoms with Crippen LogP contribution in [0.1, 0.15) is 46.5 Å². The first-order valence-corrected chi connectivity index (χ1v) is 9.86. The number of ether oxygens (including phenoxy) is 2. The summed E-state index contributed by atoms with van der Waals surface area (Å²) in [4.78, 5) is 25.9. The monoisotopic (exact) mass is 394 g/mol. The van der Waals surface area contributed by atoms with Crippen LogP contribution in [0.5, 0.6) is 5.75 Å². The largest absolute Gasteiger partial charge is 0.494 e. The third-order valence-corrected chi connectivity index (χ3v) is 4.47. The van der Waals surface area contributed by atoms with E-state index in [4.69, 9.17) is 9.47 Å². The molecule has 1 aromatic rings. The van der Waals surface area contributed by atoms with Crippen molar-refractivity contribution in [3.63, 3.8) is 0 Å². The van der Waals surface area contributed by atoms with Crippen molar-refractivity contribution in [3.05, 3.63) is 30.1 Å². The summed E-state index contributed by atoms with van der Waals surface area (Å²) in [7, 11) is 0. The lowest BCUT2D eigenvalue weighted by atomic mass is 9.93. The fourth-order valence-corrected chi connectivity index (χ4v) is 3.00. The normalized spacial score (nSPS) is 15.2. The maximum Gasteiger partial charge on any atom is 0.410 e. The third-order valence-electron chi connectivity index (χ3n) is 4.47. The van der Waals surface area contributed by atoms with Gasteiger partial charge < -0.3 is 19.7 Å². The second-order valence-corrected chi connectivity index (χ2v) is 8.12. The van der Waals surface area contributed by atoms with E-state index in [1.54, 1.807) is 17.0 Å². The van der Waals surface area contributed by atoms with Gasteiger partial charge in [0.2, 0.25) is 5.91 Å². The first-order chi connectivity index (χ1) is 13.2. The average molecular weight is 394 g/mol. The van der Waals surface area contributed by atoms with Gasteiger partial charge in [-0.15, -0.1) is 0 Å². The maximum absolute atomic E-state index is 12.8. The van der Waals surface area contributed by atoms with E-state index >= 15 is 0 Å². The number of amides is 2. The van der Waals surface area contributed by atoms with Gasteiger partial charge in [-0.25, -0.2) is 9.18 Å². The van der Waals surface area contributed by atoms with E-state index in [1.807, 2.05) is 20.8 Å². The summed E-state index contributed by atoms with van der Waals surface area (Å²) in [6, 6.07) is 5.87. The summed E-state index contributed by atoms with van der Waals surface area (Å²) in [6.45, 7) is 7.81. The minimum Gasteiger partial charge on any atom is -0.494 e. The van der Waals surface area contributed by atoms with Gasteiger partial charge in [0.1, 0.15) is 17.2 Å². The quantitative estimate of drug-likeness (QED) is 0.715. The first-order valence-electron chi connectivity index (χ1n) is 9.86. The SMILES string of the molecule is CC(C)(C)OC(=O)N1CCC(CC(=O)NCCCOc2ccc(F)cc2)CC1. The van der Waals surface area contributed by atoms with Crippen molar-refractivity contribution < 1.29 is 23.5 Å². The molecule has 1 aromatic carbocycles. The van der Waals surface area contributed by atoms with Gasteiger partial charge in [-0.2, -0.15) is 0 Å². The van der Waals surface area contributed by atoms with Gasteiger partial charge in [0, 0.05) is 26.1 Å². The number of carbonyl (C=O) groups is 2. The molecule has 28 heavy (non-hydrogen) atoms. The summed E-state index contributed by atoms with van der Waals surface area (Å²) >= 11 is 0. The molecule has 0 bridgehead atoms. The molecule has 0 atom stereocenters. The molecule has 1 fully saturated rings. The number of nitrogens with one attached hydrogen (secondary N) is 1. The lowest BCUT2D eigenvalue weighted by Crippen LogP contribution is -2.42. The summed E-state index contributed by atoms with van der Waals surface area (Å²) in [5.41, 5.74) is -0.492. The Labute approximate surface area is 166 Å². The Bertz CT molecular complexity index is 635. The number of rotatable bonds is 7. The highest BCUT2D eigenvalue weighted by Gasteiger charge is 2.27. The molecule has 2 rings (SSSR count). The van der Waals surface area contributed by atoms with Crippen molar-refractivity contribution in [2.75, 3.05) is 26.2 Å². The molecule has 156 valence electrons. The molecule has 1 aliphatic rings. The number of benzene rings is 1. The molecule has 0 aliphatic carbocycles. The van der Waals surface area contributed by atoms with Crippen molar-refractivity contribution in [2.45, 2.75) is 52.1 Å². The summed E-state index contributed by atoms with van der Waals surface area (Å²) in [6.07, 6.45) is 2.48. The average Bonchev–Trinajstić information content (AvgIpc) is 2.62. The zero-order valence-corrected chi connectivity index (χ0v) is 17.0. The van der Waals surface area contributed by atoms with E-state index in [0.717, 1.165) is 12.8 Å². The fourth-order valence-electron chi connectivity index (χ4n) is 3.00. The molecule has 0 aromatic heterocycles. The predicted octanol–water partition coefficient (Wildman–Crippen LogP) is 3.75. The molecule has 7 heteroatoms. The smallest absolute Gasteiger partial charge is 0.410 e. The van der Waals surface area contributed by atoms with E-state index in [1.165, 1.54) is 12.1 Å². The van der Waals surface area contributed by atoms with Crippen LogP contribution in [0.4, 0.5) is 9.18 Å². The van der Waals surface area contributed by atoms with Gasteiger partial charge in [0.15, 0.2) is 0 Å². The molecular formula is C21H31FN2O4. The van der Waals surface area contributed by atoms with Crippen LogP contribution in [0.15, 0.2) is 24.3 Å². The van der Waals surface area contributed by atoms with Crippen LogP contribution >= 0.6 is 0 Å². The van der Waals surface area contributed by atoms with Gasteiger partial charge in [0.25, 0.3) is 0 Å². The van der Waals surface area contributed by atoms with Crippen LogP contribution < -0.4 is 10.1 Å². The van der Waals surface area contributed by atoms with Crippen molar-refractivity contribution in [1.29, 1.82) is 0 Å². The summed E-state index contributed by atoms with van der Waals surface area (Å²) in [5.74, 6) is 0.632. The Morgan fingerprint density at radius 3 is 2.43 bits per heavy atom. The zero-order chi connectivity index (χ0) is 20.6. The number of hydrogen-bond donors (Lipinski definition) is 1. The molecule has 0 unspecified atom stereocenters. The van der Waals surface area contributed by atoms with Crippen LogP contribution in [0.3, 0.4) is 0 Å². The van der Waals surface area contributed by atoms with Gasteiger partial charge in [-0.3, -0.25) is 4.79 Å². The first kappa shape index (κ1) is 22.0. The molecule has 0 radical (unpaired) electrons. The Hall–Kier alpha value is -2.31. The van der Waals surface area contributed by atoms with Crippen LogP contribution in [0.25, 0.3) is 0 Å². The Morgan fingerprint density at radius 1 is 1.18 bits per heavy atom. The number of halogens is 1. The minimum absolute atomic E-state index is 0.0255. The summed E-state index contributed by atoms with van der Waals surface area (Å²) < 4.78 is 23.7. The van der Waals surface area contributed by atoms with E-state index in [-0.39, 0.29) is 23.7 Å². The molecule has 1 N–H and O–H groups in total. The van der Waals surface area contributed by atoms with E-state index in [0.29, 0.717) is 44.8 Å². The lowest BCUT2D eigenvalue weighted by Gasteiger charge is -2.33. The molecule has 1 saturated heterocycles. The number of likely N-dealkylation sites (tertiary alicyclic amines) is 1. The van der Waals surface area contributed by atoms with Gasteiger partial charge in [-0.05, 0) is 70.2 Å². The summed E-state index contributed by atoms with van der Waals surface area (Å²) in [5, 5.41) is 2.91. The fraction of sp³-hybridized carbons (Fsp3) is 0.619. The van der Waals surface area contributed by atoms with E-state index in [9.17, 15) is 14.0 Å². The highest BCUT2D eigenvalue weighted by molar-refractivity contribution is 5.76. The second-order valence-electron chi connectivity index (χ2n) is 8.12. The van der Waals surface area contributed by atoms with Crippen molar-refractivity contribution >= 4 is 12.0 Å². The van der Waals surface area contributed by atoms with E-state index < -0.39 is 5.60 Å². The van der Waals surface area contributed by atoms with Crippen LogP contribution in [-0.4, -0.2) is 48.7 Å². The lowest BCUT2D eigenvalue weighted by molar-refractivity contribution is -0.122. The number of hydrogen-bond acceptors (Lipinski definition) is 4. The standard InChI is InChI=1S/C21H31FN2O4/c1-21(2,3)28-20(26)24-12-9-16(10-13-24)15-19(25)23-11-4-14-27-18-7-5-17(22)6-8-18/h5-8,16H,4,9-15H2,1-3H3,(H,23,25). The number of piperidine rings is 1. The highest BCUT2D eigenvalue weighted by Crippen LogP contribution is 2.22. The minimum atomic E-state index is -0.492. The van der Waals surface area contributed by atoms with Crippen molar-refractivity contribution in [1.82, 2.24) is 10.2 Å². The van der Waals surface area contributed by atoms with Gasteiger partial charge in [-0.1, -0.05) is 0 Å². The second kappa shape index (κ2) is 10.3. The van der Waals surface area contributed by atoms with Crippen LogP contribution in [-0.2, 0) is 9.53 Å². The third kappa shape index (κ3) is 8.15. The molecular weight excluding hydrogens is 363 g/mol. The number of nitrogens with zero attached hydrogens (tertiary/aromatic N) is 1. The molecule has 6 nitrogen and oxygen atoms in total. The highest BCUT2D eigenvalue weighted by atomic mass is 19.1. The van der Waals surface area contributed by atoms with Crippen molar-refractivity contribution in [2.24, 2.45) is 5.92 Å². The molecule has 2 amide bonds. The zero-order valence-electron chi connectivity index (χ0n) is 17.0. The maximum atomic E-state index is 12.8. The number of carbonyl (C=O) groups excluding carboxylic acids is 2.